The minimum Gasteiger partial charge on any atom is -0.469 e. The molecule has 4 atom stereocenters. The molecule has 0 N–H and O–H groups in total. The van der Waals surface area contributed by atoms with Crippen molar-refractivity contribution in [1.29, 1.82) is 0 Å². The molecule has 1 aromatic rings. The Hall–Kier alpha value is -1.42. The number of pyridine rings is 1. The molecule has 1 aromatic heterocycles. The number of carbonyl (C=O) groups is 1. The number of ether oxygens (including phenoxy) is 1. The topological polar surface area (TPSA) is 42.4 Å². The van der Waals surface area contributed by atoms with Gasteiger partial charge in [-0.3, -0.25) is 14.7 Å². The van der Waals surface area contributed by atoms with Gasteiger partial charge in [-0.1, -0.05) is 6.07 Å². The lowest BCUT2D eigenvalue weighted by Gasteiger charge is -2.41. The zero-order valence-corrected chi connectivity index (χ0v) is 11.5. The van der Waals surface area contributed by atoms with Crippen LogP contribution in [0.2, 0.25) is 0 Å². The highest BCUT2D eigenvalue weighted by atomic mass is 16.5. The van der Waals surface area contributed by atoms with Crippen molar-refractivity contribution >= 4 is 5.97 Å². The zero-order valence-electron chi connectivity index (χ0n) is 11.5. The fourth-order valence-electron chi connectivity index (χ4n) is 3.86. The molecular weight excluding hydrogens is 240 g/mol. The second-order valence-electron chi connectivity index (χ2n) is 5.64. The maximum absolute atomic E-state index is 12.2. The number of rotatable bonds is 2. The first-order valence-electron chi connectivity index (χ1n) is 6.92. The van der Waals surface area contributed by atoms with Gasteiger partial charge in [0.25, 0.3) is 0 Å². The smallest absolute Gasteiger partial charge is 0.310 e. The lowest BCUT2D eigenvalue weighted by atomic mass is 9.76. The number of aromatic nitrogens is 1. The van der Waals surface area contributed by atoms with Crippen LogP contribution in [0.4, 0.5) is 0 Å². The first-order valence-corrected chi connectivity index (χ1v) is 6.92. The monoisotopic (exact) mass is 260 g/mol. The van der Waals surface area contributed by atoms with Gasteiger partial charge in [-0.2, -0.15) is 0 Å². The van der Waals surface area contributed by atoms with Crippen LogP contribution < -0.4 is 0 Å². The SMILES string of the molecule is COC(=O)[C@H]1C(c2cccnc2)C[C@H]2CCC1N2C. The summed E-state index contributed by atoms with van der Waals surface area (Å²) in [5.74, 6) is 0.110. The Kier molecular flexibility index (Phi) is 3.27. The first-order chi connectivity index (χ1) is 9.22. The normalized spacial score (nSPS) is 34.2. The number of esters is 1. The van der Waals surface area contributed by atoms with Crippen LogP contribution in [0.25, 0.3) is 0 Å². The third kappa shape index (κ3) is 2.04. The van der Waals surface area contributed by atoms with Crippen molar-refractivity contribution in [1.82, 2.24) is 9.88 Å². The highest BCUT2D eigenvalue weighted by molar-refractivity contribution is 5.75. The number of methoxy groups -OCH3 is 1. The van der Waals surface area contributed by atoms with Gasteiger partial charge in [0.05, 0.1) is 13.0 Å². The highest BCUT2D eigenvalue weighted by Crippen LogP contribution is 2.46. The molecule has 2 bridgehead atoms. The molecule has 0 radical (unpaired) electrons. The van der Waals surface area contributed by atoms with Gasteiger partial charge in [0.2, 0.25) is 0 Å². The molecule has 4 nitrogen and oxygen atoms in total. The van der Waals surface area contributed by atoms with Crippen LogP contribution in [-0.2, 0) is 9.53 Å². The van der Waals surface area contributed by atoms with Crippen LogP contribution in [0.5, 0.6) is 0 Å². The molecule has 2 aliphatic rings. The van der Waals surface area contributed by atoms with Crippen LogP contribution in [0, 0.1) is 5.92 Å². The van der Waals surface area contributed by atoms with E-state index in [0.717, 1.165) is 12.8 Å². The van der Waals surface area contributed by atoms with E-state index in [1.54, 1.807) is 6.20 Å². The second-order valence-corrected chi connectivity index (χ2v) is 5.64. The number of piperidine rings is 1. The predicted molar refractivity (Wildman–Crippen MR) is 71.7 cm³/mol. The second kappa shape index (κ2) is 4.93. The molecule has 4 heteroatoms. The summed E-state index contributed by atoms with van der Waals surface area (Å²) in [6.07, 6.45) is 6.98. The Balaban J connectivity index is 1.96. The van der Waals surface area contributed by atoms with Crippen molar-refractivity contribution in [2.75, 3.05) is 14.2 Å². The summed E-state index contributed by atoms with van der Waals surface area (Å²) in [7, 11) is 3.63. The maximum atomic E-state index is 12.2. The number of nitrogens with zero attached hydrogens (tertiary/aromatic N) is 2. The lowest BCUT2D eigenvalue weighted by Crippen LogP contribution is -2.49. The summed E-state index contributed by atoms with van der Waals surface area (Å²) in [5, 5.41) is 0. The van der Waals surface area contributed by atoms with Gasteiger partial charge < -0.3 is 4.74 Å². The largest absolute Gasteiger partial charge is 0.469 e. The molecule has 2 unspecified atom stereocenters. The van der Waals surface area contributed by atoms with Crippen molar-refractivity contribution in [2.45, 2.75) is 37.3 Å². The molecule has 3 rings (SSSR count). The molecule has 0 aromatic carbocycles. The van der Waals surface area contributed by atoms with E-state index in [0.29, 0.717) is 12.1 Å². The fraction of sp³-hybridized carbons (Fsp3) is 0.600. The molecule has 19 heavy (non-hydrogen) atoms. The predicted octanol–water partition coefficient (Wildman–Crippen LogP) is 1.82. The van der Waals surface area contributed by atoms with Crippen molar-refractivity contribution < 1.29 is 9.53 Å². The van der Waals surface area contributed by atoms with Gasteiger partial charge in [0.1, 0.15) is 0 Å². The third-order valence-corrected chi connectivity index (χ3v) is 4.85. The van der Waals surface area contributed by atoms with E-state index in [9.17, 15) is 4.79 Å². The number of fused-ring (bicyclic) bond motifs is 2. The average molecular weight is 260 g/mol. The molecule has 0 saturated carbocycles. The minimum atomic E-state index is -0.0777. The van der Waals surface area contributed by atoms with E-state index in [-0.39, 0.29) is 17.8 Å². The van der Waals surface area contributed by atoms with Gasteiger partial charge in [0, 0.05) is 30.4 Å². The van der Waals surface area contributed by atoms with Gasteiger partial charge in [-0.05, 0) is 37.9 Å². The molecule has 2 aliphatic heterocycles. The van der Waals surface area contributed by atoms with Crippen LogP contribution >= 0.6 is 0 Å². The van der Waals surface area contributed by atoms with Crippen LogP contribution in [0.3, 0.4) is 0 Å². The van der Waals surface area contributed by atoms with Crippen LogP contribution in [0.15, 0.2) is 24.5 Å². The van der Waals surface area contributed by atoms with Crippen molar-refractivity contribution in [3.05, 3.63) is 30.1 Å². The van der Waals surface area contributed by atoms with Crippen molar-refractivity contribution in [3.8, 4) is 0 Å². The van der Waals surface area contributed by atoms with Gasteiger partial charge in [-0.25, -0.2) is 0 Å². The van der Waals surface area contributed by atoms with E-state index in [4.69, 9.17) is 4.74 Å². The van der Waals surface area contributed by atoms with E-state index < -0.39 is 0 Å². The number of carbonyl (C=O) groups excluding carboxylic acids is 1. The summed E-state index contributed by atoms with van der Waals surface area (Å²) < 4.78 is 5.05. The van der Waals surface area contributed by atoms with Crippen LogP contribution in [0.1, 0.15) is 30.7 Å². The summed E-state index contributed by atoms with van der Waals surface area (Å²) in [6, 6.07) is 4.94. The van der Waals surface area contributed by atoms with Crippen molar-refractivity contribution in [2.24, 2.45) is 5.92 Å². The molecule has 102 valence electrons. The molecular formula is C15H20N2O2. The van der Waals surface area contributed by atoms with Crippen LogP contribution in [-0.4, -0.2) is 42.1 Å². The first kappa shape index (κ1) is 12.6. The van der Waals surface area contributed by atoms with Gasteiger partial charge >= 0.3 is 5.97 Å². The molecule has 0 aliphatic carbocycles. The van der Waals surface area contributed by atoms with E-state index in [2.05, 4.69) is 23.0 Å². The molecule has 3 heterocycles. The van der Waals surface area contributed by atoms with Gasteiger partial charge in [0.15, 0.2) is 0 Å². The number of hydrogen-bond donors (Lipinski definition) is 0. The molecule has 2 fully saturated rings. The van der Waals surface area contributed by atoms with E-state index in [1.165, 1.54) is 19.1 Å². The van der Waals surface area contributed by atoms with Gasteiger partial charge in [-0.15, -0.1) is 0 Å². The highest BCUT2D eigenvalue weighted by Gasteiger charge is 2.49. The van der Waals surface area contributed by atoms with E-state index >= 15 is 0 Å². The summed E-state index contributed by atoms with van der Waals surface area (Å²) in [5.41, 5.74) is 1.17. The molecule has 0 amide bonds. The lowest BCUT2D eigenvalue weighted by molar-refractivity contribution is -0.150. The van der Waals surface area contributed by atoms with E-state index in [1.807, 2.05) is 12.3 Å². The third-order valence-electron chi connectivity index (χ3n) is 4.85. The Morgan fingerprint density at radius 3 is 3.00 bits per heavy atom. The summed E-state index contributed by atoms with van der Waals surface area (Å²) in [4.78, 5) is 18.8. The Morgan fingerprint density at radius 1 is 1.47 bits per heavy atom. The Labute approximate surface area is 113 Å². The molecule has 0 spiro atoms. The average Bonchev–Trinajstić information content (AvgIpc) is 2.70. The Morgan fingerprint density at radius 2 is 2.32 bits per heavy atom. The van der Waals surface area contributed by atoms with Crippen molar-refractivity contribution in [3.63, 3.8) is 0 Å². The summed E-state index contributed by atoms with van der Waals surface area (Å²) >= 11 is 0. The quantitative estimate of drug-likeness (QED) is 0.761. The maximum Gasteiger partial charge on any atom is 0.310 e. The molecule has 2 saturated heterocycles. The Bertz CT molecular complexity index is 462. The number of hydrogen-bond acceptors (Lipinski definition) is 4. The zero-order chi connectivity index (χ0) is 13.4. The standard InChI is InChI=1S/C15H20N2O2/c1-17-11-5-6-13(17)14(15(18)19-2)12(8-11)10-4-3-7-16-9-10/h3-4,7,9,11-14H,5-6,8H2,1-2H3/t11-,12?,13?,14+/m1/s1. The fourth-order valence-corrected chi connectivity index (χ4v) is 3.86. The minimum absolute atomic E-state index is 0.0575. The summed E-state index contributed by atoms with van der Waals surface area (Å²) in [6.45, 7) is 0.